The van der Waals surface area contributed by atoms with Crippen LogP contribution in [0.15, 0.2) is 53.4 Å². The smallest absolute Gasteiger partial charge is 0.264 e. The van der Waals surface area contributed by atoms with Gasteiger partial charge < -0.3 is 14.8 Å². The molecule has 190 valence electrons. The molecule has 2 fully saturated rings. The summed E-state index contributed by atoms with van der Waals surface area (Å²) in [4.78, 5) is 13.0. The first-order valence-electron chi connectivity index (χ1n) is 12.5. The van der Waals surface area contributed by atoms with Gasteiger partial charge in [-0.05, 0) is 74.9 Å². The Morgan fingerprint density at radius 2 is 1.80 bits per heavy atom. The van der Waals surface area contributed by atoms with Crippen LogP contribution in [0.1, 0.15) is 49.7 Å². The highest BCUT2D eigenvalue weighted by Gasteiger charge is 2.45. The molecule has 2 aliphatic rings. The topological polar surface area (TPSA) is 84.9 Å². The van der Waals surface area contributed by atoms with E-state index >= 15 is 0 Å². The fraction of sp³-hybridized carbons (Fsp3) is 0.519. The molecule has 1 spiro atoms. The molecule has 1 amide bonds. The van der Waals surface area contributed by atoms with Crippen LogP contribution in [0.25, 0.3) is 0 Å². The lowest BCUT2D eigenvalue weighted by Gasteiger charge is -2.39. The predicted molar refractivity (Wildman–Crippen MR) is 136 cm³/mol. The van der Waals surface area contributed by atoms with E-state index in [1.807, 2.05) is 26.0 Å². The third-order valence-electron chi connectivity index (χ3n) is 7.17. The van der Waals surface area contributed by atoms with Gasteiger partial charge in [-0.2, -0.15) is 0 Å². The Hall–Kier alpha value is -2.42. The van der Waals surface area contributed by atoms with Gasteiger partial charge in [-0.1, -0.05) is 30.7 Å². The lowest BCUT2D eigenvalue weighted by molar-refractivity contribution is -0.213. The Labute approximate surface area is 208 Å². The first-order chi connectivity index (χ1) is 16.8. The van der Waals surface area contributed by atoms with Crippen molar-refractivity contribution in [2.75, 3.05) is 30.6 Å². The van der Waals surface area contributed by atoms with Gasteiger partial charge in [-0.3, -0.25) is 9.10 Å². The molecule has 4 rings (SSSR count). The molecule has 1 saturated carbocycles. The molecule has 0 aromatic heterocycles. The number of nitrogens with zero attached hydrogens (tertiary/aromatic N) is 1. The number of aryl methyl sites for hydroxylation is 2. The van der Waals surface area contributed by atoms with Crippen molar-refractivity contribution in [3.63, 3.8) is 0 Å². The van der Waals surface area contributed by atoms with Gasteiger partial charge in [-0.15, -0.1) is 0 Å². The van der Waals surface area contributed by atoms with Gasteiger partial charge in [0.1, 0.15) is 6.54 Å². The van der Waals surface area contributed by atoms with Gasteiger partial charge in [0.25, 0.3) is 10.0 Å². The van der Waals surface area contributed by atoms with E-state index in [0.717, 1.165) is 43.2 Å². The number of amides is 1. The van der Waals surface area contributed by atoms with Crippen LogP contribution in [0.4, 0.5) is 5.69 Å². The van der Waals surface area contributed by atoms with Crippen molar-refractivity contribution in [2.45, 2.75) is 63.1 Å². The lowest BCUT2D eigenvalue weighted by Crippen LogP contribution is -2.43. The first kappa shape index (κ1) is 25.7. The second-order valence-corrected chi connectivity index (χ2v) is 11.4. The zero-order chi connectivity index (χ0) is 24.9. The molecule has 2 aromatic carbocycles. The molecule has 1 unspecified atom stereocenters. The maximum absolute atomic E-state index is 13.5. The normalized spacial score (nSPS) is 19.5. The number of hydrogen-bond donors (Lipinski definition) is 1. The van der Waals surface area contributed by atoms with E-state index in [0.29, 0.717) is 31.4 Å². The van der Waals surface area contributed by atoms with Gasteiger partial charge in [-0.25, -0.2) is 8.42 Å². The maximum atomic E-state index is 13.5. The molecular weight excluding hydrogens is 464 g/mol. The Morgan fingerprint density at radius 1 is 1.06 bits per heavy atom. The summed E-state index contributed by atoms with van der Waals surface area (Å²) in [5.74, 6) is -0.429. The third-order valence-corrected chi connectivity index (χ3v) is 8.96. The van der Waals surface area contributed by atoms with E-state index in [9.17, 15) is 13.2 Å². The number of benzene rings is 2. The standard InChI is InChI=1S/C27H36N2O5S/c1-21-13-14-24(19-22(21)2)29(35(31,32)25-11-4-3-5-12-25)20-26(30)28-16-8-10-23-9-6-7-15-27(23)33-17-18-34-27/h3-5,11-14,19,23H,6-10,15-18,20H2,1-2H3,(H,28,30). The number of ether oxygens (including phenoxy) is 2. The van der Waals surface area contributed by atoms with E-state index in [2.05, 4.69) is 5.32 Å². The molecule has 2 aromatic rings. The summed E-state index contributed by atoms with van der Waals surface area (Å²) in [5.41, 5.74) is 2.51. The quantitative estimate of drug-likeness (QED) is 0.518. The molecule has 1 atom stereocenters. The van der Waals surface area contributed by atoms with Crippen LogP contribution in [0.5, 0.6) is 0 Å². The molecule has 8 heteroatoms. The van der Waals surface area contributed by atoms with Crippen molar-refractivity contribution >= 4 is 21.6 Å². The summed E-state index contributed by atoms with van der Waals surface area (Å²) in [6, 6.07) is 13.7. The summed E-state index contributed by atoms with van der Waals surface area (Å²) < 4.78 is 40.1. The minimum Gasteiger partial charge on any atom is -0.355 e. The molecule has 0 radical (unpaired) electrons. The van der Waals surface area contributed by atoms with Gasteiger partial charge in [0.15, 0.2) is 5.79 Å². The zero-order valence-corrected chi connectivity index (χ0v) is 21.5. The summed E-state index contributed by atoms with van der Waals surface area (Å²) in [7, 11) is -3.90. The molecule has 7 nitrogen and oxygen atoms in total. The number of sulfonamides is 1. The Balaban J connectivity index is 1.40. The Kier molecular flexibility index (Phi) is 8.14. The van der Waals surface area contributed by atoms with Crippen LogP contribution in [0.2, 0.25) is 0 Å². The maximum Gasteiger partial charge on any atom is 0.264 e. The van der Waals surface area contributed by atoms with Crippen LogP contribution in [0.3, 0.4) is 0 Å². The van der Waals surface area contributed by atoms with E-state index in [1.165, 1.54) is 10.7 Å². The van der Waals surface area contributed by atoms with Crippen LogP contribution in [-0.2, 0) is 24.3 Å². The fourth-order valence-corrected chi connectivity index (χ4v) is 6.51. The largest absolute Gasteiger partial charge is 0.355 e. The van der Waals surface area contributed by atoms with Crippen molar-refractivity contribution < 1.29 is 22.7 Å². The second-order valence-electron chi connectivity index (χ2n) is 9.54. The molecular formula is C27H36N2O5S. The van der Waals surface area contributed by atoms with Crippen LogP contribution in [0, 0.1) is 19.8 Å². The minimum atomic E-state index is -3.90. The number of anilines is 1. The van der Waals surface area contributed by atoms with Gasteiger partial charge in [0.05, 0.1) is 23.8 Å². The van der Waals surface area contributed by atoms with Gasteiger partial charge in [0, 0.05) is 18.9 Å². The zero-order valence-electron chi connectivity index (χ0n) is 20.7. The minimum absolute atomic E-state index is 0.158. The van der Waals surface area contributed by atoms with E-state index in [1.54, 1.807) is 36.4 Å². The summed E-state index contributed by atoms with van der Waals surface area (Å²) in [6.45, 7) is 5.41. The second kappa shape index (κ2) is 11.1. The van der Waals surface area contributed by atoms with E-state index in [-0.39, 0.29) is 17.3 Å². The highest BCUT2D eigenvalue weighted by Crippen LogP contribution is 2.42. The molecule has 1 saturated heterocycles. The van der Waals surface area contributed by atoms with Crippen molar-refractivity contribution in [3.05, 3.63) is 59.7 Å². The molecule has 1 N–H and O–H groups in total. The monoisotopic (exact) mass is 500 g/mol. The van der Waals surface area contributed by atoms with Gasteiger partial charge in [0.2, 0.25) is 5.91 Å². The number of rotatable bonds is 9. The predicted octanol–water partition coefficient (Wildman–Crippen LogP) is 4.33. The average Bonchev–Trinajstić information content (AvgIpc) is 3.32. The lowest BCUT2D eigenvalue weighted by atomic mass is 9.80. The van der Waals surface area contributed by atoms with E-state index in [4.69, 9.17) is 9.47 Å². The molecule has 35 heavy (non-hydrogen) atoms. The highest BCUT2D eigenvalue weighted by molar-refractivity contribution is 7.92. The van der Waals surface area contributed by atoms with Crippen molar-refractivity contribution in [1.82, 2.24) is 5.32 Å². The number of carbonyl (C=O) groups is 1. The highest BCUT2D eigenvalue weighted by atomic mass is 32.2. The Morgan fingerprint density at radius 3 is 2.51 bits per heavy atom. The Bertz CT molecular complexity index is 1110. The van der Waals surface area contributed by atoms with Crippen LogP contribution < -0.4 is 9.62 Å². The fourth-order valence-electron chi connectivity index (χ4n) is 5.08. The number of nitrogens with one attached hydrogen (secondary N) is 1. The number of carbonyl (C=O) groups excluding carboxylic acids is 1. The first-order valence-corrected chi connectivity index (χ1v) is 14.0. The molecule has 0 bridgehead atoms. The molecule has 1 aliphatic heterocycles. The van der Waals surface area contributed by atoms with Crippen LogP contribution in [-0.4, -0.2) is 46.4 Å². The van der Waals surface area contributed by atoms with Crippen molar-refractivity contribution in [2.24, 2.45) is 5.92 Å². The van der Waals surface area contributed by atoms with E-state index < -0.39 is 15.8 Å². The van der Waals surface area contributed by atoms with Crippen LogP contribution >= 0.6 is 0 Å². The summed E-state index contributed by atoms with van der Waals surface area (Å²) in [6.07, 6.45) is 6.00. The van der Waals surface area contributed by atoms with Gasteiger partial charge >= 0.3 is 0 Å². The van der Waals surface area contributed by atoms with Crippen molar-refractivity contribution in [3.8, 4) is 0 Å². The SMILES string of the molecule is Cc1ccc(N(CC(=O)NCCCC2CCCCC23OCCO3)S(=O)(=O)c2ccccc2)cc1C. The third kappa shape index (κ3) is 5.88. The summed E-state index contributed by atoms with van der Waals surface area (Å²) >= 11 is 0. The number of hydrogen-bond acceptors (Lipinski definition) is 5. The molecule has 1 aliphatic carbocycles. The summed E-state index contributed by atoms with van der Waals surface area (Å²) in [5, 5.41) is 2.92. The van der Waals surface area contributed by atoms with Crippen molar-refractivity contribution in [1.29, 1.82) is 0 Å². The molecule has 1 heterocycles. The average molecular weight is 501 g/mol.